The lowest BCUT2D eigenvalue weighted by atomic mass is 10.2. The zero-order valence-corrected chi connectivity index (χ0v) is 12.1. The molecule has 20 heavy (non-hydrogen) atoms. The maximum Gasteiger partial charge on any atom is 0.227 e. The number of nitrogens with zero attached hydrogens (tertiary/aromatic N) is 2. The lowest BCUT2D eigenvalue weighted by Crippen LogP contribution is -2.13. The van der Waals surface area contributed by atoms with Crippen molar-refractivity contribution in [2.45, 2.75) is 33.6 Å². The van der Waals surface area contributed by atoms with Gasteiger partial charge in [-0.2, -0.15) is 4.98 Å². The van der Waals surface area contributed by atoms with Gasteiger partial charge >= 0.3 is 0 Å². The Morgan fingerprint density at radius 2 is 1.85 bits per heavy atom. The van der Waals surface area contributed by atoms with Crippen LogP contribution in [-0.4, -0.2) is 9.97 Å². The summed E-state index contributed by atoms with van der Waals surface area (Å²) < 4.78 is 5.85. The van der Waals surface area contributed by atoms with Gasteiger partial charge < -0.3 is 10.2 Å². The molecule has 0 spiro atoms. The van der Waals surface area contributed by atoms with Gasteiger partial charge in [0.25, 0.3) is 0 Å². The Hall–Kier alpha value is -2.14. The second-order valence-corrected chi connectivity index (χ2v) is 4.73. The van der Waals surface area contributed by atoms with Crippen molar-refractivity contribution in [3.63, 3.8) is 0 Å². The summed E-state index contributed by atoms with van der Waals surface area (Å²) in [5.41, 5.74) is 4.58. The molecule has 3 N–H and O–H groups in total. The van der Waals surface area contributed by atoms with Crippen molar-refractivity contribution in [2.75, 3.05) is 5.43 Å². The summed E-state index contributed by atoms with van der Waals surface area (Å²) in [6.45, 7) is 6.00. The molecule has 1 heterocycles. The normalized spacial score (nSPS) is 10.4. The van der Waals surface area contributed by atoms with Crippen LogP contribution in [0.3, 0.4) is 0 Å². The molecule has 1 aromatic heterocycles. The van der Waals surface area contributed by atoms with Crippen LogP contribution in [0.4, 0.5) is 5.82 Å². The monoisotopic (exact) mass is 272 g/mol. The molecule has 0 aliphatic carbocycles. The molecule has 5 heteroatoms. The van der Waals surface area contributed by atoms with Gasteiger partial charge in [0.2, 0.25) is 5.88 Å². The Morgan fingerprint density at radius 3 is 2.45 bits per heavy atom. The van der Waals surface area contributed by atoms with E-state index in [0.717, 1.165) is 30.0 Å². The van der Waals surface area contributed by atoms with E-state index in [-0.39, 0.29) is 0 Å². The Bertz CT molecular complexity index is 581. The van der Waals surface area contributed by atoms with Crippen LogP contribution < -0.4 is 16.0 Å². The first-order valence-electron chi connectivity index (χ1n) is 6.72. The van der Waals surface area contributed by atoms with Crippen molar-refractivity contribution in [1.29, 1.82) is 0 Å². The molecule has 0 aliphatic rings. The maximum absolute atomic E-state index is 5.85. The molecule has 0 aliphatic heterocycles. The Balaban J connectivity index is 2.33. The lowest BCUT2D eigenvalue weighted by molar-refractivity contribution is 0.454. The summed E-state index contributed by atoms with van der Waals surface area (Å²) >= 11 is 0. The highest BCUT2D eigenvalue weighted by molar-refractivity contribution is 5.48. The van der Waals surface area contributed by atoms with Gasteiger partial charge in [0.15, 0.2) is 0 Å². The fourth-order valence-corrected chi connectivity index (χ4v) is 1.83. The van der Waals surface area contributed by atoms with Crippen molar-refractivity contribution >= 4 is 5.82 Å². The van der Waals surface area contributed by atoms with E-state index in [1.807, 2.05) is 38.1 Å². The smallest absolute Gasteiger partial charge is 0.227 e. The average Bonchev–Trinajstić information content (AvgIpc) is 2.45. The molecule has 2 rings (SSSR count). The maximum atomic E-state index is 5.85. The van der Waals surface area contributed by atoms with Crippen molar-refractivity contribution in [2.24, 2.45) is 5.84 Å². The fraction of sp³-hybridized carbons (Fsp3) is 0.333. The summed E-state index contributed by atoms with van der Waals surface area (Å²) in [4.78, 5) is 8.83. The van der Waals surface area contributed by atoms with Crippen LogP contribution in [0, 0.1) is 13.8 Å². The molecule has 0 saturated carbocycles. The third kappa shape index (κ3) is 3.24. The van der Waals surface area contributed by atoms with E-state index < -0.39 is 0 Å². The van der Waals surface area contributed by atoms with Crippen LogP contribution in [0.5, 0.6) is 11.6 Å². The number of nitrogen functional groups attached to an aromatic ring is 1. The number of hydrogen-bond acceptors (Lipinski definition) is 5. The molecule has 0 atom stereocenters. The molecule has 0 unspecified atom stereocenters. The zero-order valence-electron chi connectivity index (χ0n) is 12.1. The number of rotatable bonds is 5. The summed E-state index contributed by atoms with van der Waals surface area (Å²) in [6, 6.07) is 7.85. The molecular formula is C15H20N4O. The zero-order chi connectivity index (χ0) is 14.5. The SMILES string of the molecule is CCCc1nc(NN)c(C)c(Oc2ccc(C)cc2)n1. The Labute approximate surface area is 119 Å². The van der Waals surface area contributed by atoms with Crippen molar-refractivity contribution in [1.82, 2.24) is 9.97 Å². The molecule has 0 fully saturated rings. The molecule has 0 radical (unpaired) electrons. The van der Waals surface area contributed by atoms with E-state index in [0.29, 0.717) is 11.7 Å². The van der Waals surface area contributed by atoms with Crippen molar-refractivity contribution in [3.8, 4) is 11.6 Å². The molecule has 0 saturated heterocycles. The van der Waals surface area contributed by atoms with E-state index in [4.69, 9.17) is 10.6 Å². The topological polar surface area (TPSA) is 73.1 Å². The fourth-order valence-electron chi connectivity index (χ4n) is 1.83. The molecule has 0 amide bonds. The van der Waals surface area contributed by atoms with Crippen LogP contribution in [0.2, 0.25) is 0 Å². The lowest BCUT2D eigenvalue weighted by Gasteiger charge is -2.12. The van der Waals surface area contributed by atoms with Gasteiger partial charge in [0, 0.05) is 6.42 Å². The molecule has 5 nitrogen and oxygen atoms in total. The van der Waals surface area contributed by atoms with E-state index in [9.17, 15) is 0 Å². The number of hydrazine groups is 1. The first-order valence-corrected chi connectivity index (χ1v) is 6.72. The van der Waals surface area contributed by atoms with Gasteiger partial charge in [-0.15, -0.1) is 0 Å². The quantitative estimate of drug-likeness (QED) is 0.646. The van der Waals surface area contributed by atoms with Crippen LogP contribution in [-0.2, 0) is 6.42 Å². The van der Waals surface area contributed by atoms with E-state index >= 15 is 0 Å². The number of hydrogen-bond donors (Lipinski definition) is 2. The predicted octanol–water partition coefficient (Wildman–Crippen LogP) is 3.12. The summed E-state index contributed by atoms with van der Waals surface area (Å²) in [5, 5.41) is 0. The Kier molecular flexibility index (Phi) is 4.53. The molecule has 2 aromatic rings. The minimum atomic E-state index is 0.542. The number of nitrogens with one attached hydrogen (secondary N) is 1. The van der Waals surface area contributed by atoms with E-state index in [1.54, 1.807) is 0 Å². The minimum Gasteiger partial charge on any atom is -0.439 e. The van der Waals surface area contributed by atoms with E-state index in [1.165, 1.54) is 5.56 Å². The predicted molar refractivity (Wildman–Crippen MR) is 79.8 cm³/mol. The first kappa shape index (κ1) is 14.3. The standard InChI is InChI=1S/C15H20N4O/c1-4-5-13-17-14(19-16)11(3)15(18-13)20-12-8-6-10(2)7-9-12/h6-9H,4-5,16H2,1-3H3,(H,17,18,19). The molecule has 1 aromatic carbocycles. The number of aromatic nitrogens is 2. The Morgan fingerprint density at radius 1 is 1.15 bits per heavy atom. The number of benzene rings is 1. The van der Waals surface area contributed by atoms with Crippen LogP contribution in [0.25, 0.3) is 0 Å². The van der Waals surface area contributed by atoms with Gasteiger partial charge in [-0.1, -0.05) is 24.6 Å². The molecule has 0 bridgehead atoms. The highest BCUT2D eigenvalue weighted by atomic mass is 16.5. The van der Waals surface area contributed by atoms with Crippen molar-refractivity contribution in [3.05, 3.63) is 41.2 Å². The first-order chi connectivity index (χ1) is 9.63. The van der Waals surface area contributed by atoms with Gasteiger partial charge in [0.05, 0.1) is 5.56 Å². The second-order valence-electron chi connectivity index (χ2n) is 4.73. The minimum absolute atomic E-state index is 0.542. The number of anilines is 1. The average molecular weight is 272 g/mol. The second kappa shape index (κ2) is 6.34. The highest BCUT2D eigenvalue weighted by Gasteiger charge is 2.12. The van der Waals surface area contributed by atoms with Crippen molar-refractivity contribution < 1.29 is 4.74 Å². The third-order valence-corrected chi connectivity index (χ3v) is 2.99. The van der Waals surface area contributed by atoms with Gasteiger partial charge in [-0.05, 0) is 32.4 Å². The van der Waals surface area contributed by atoms with E-state index in [2.05, 4.69) is 22.3 Å². The summed E-state index contributed by atoms with van der Waals surface area (Å²) in [6.07, 6.45) is 1.76. The largest absolute Gasteiger partial charge is 0.439 e. The summed E-state index contributed by atoms with van der Waals surface area (Å²) in [5.74, 6) is 8.13. The molecular weight excluding hydrogens is 252 g/mol. The van der Waals surface area contributed by atoms with Crippen LogP contribution >= 0.6 is 0 Å². The van der Waals surface area contributed by atoms with Gasteiger partial charge in [-0.3, -0.25) is 0 Å². The molecule has 106 valence electrons. The number of ether oxygens (including phenoxy) is 1. The van der Waals surface area contributed by atoms with Crippen LogP contribution in [0.1, 0.15) is 30.3 Å². The van der Waals surface area contributed by atoms with Gasteiger partial charge in [0.1, 0.15) is 17.4 Å². The number of aryl methyl sites for hydroxylation is 2. The van der Waals surface area contributed by atoms with Gasteiger partial charge in [-0.25, -0.2) is 10.8 Å². The summed E-state index contributed by atoms with van der Waals surface area (Å²) in [7, 11) is 0. The number of nitrogens with two attached hydrogens (primary N) is 1. The highest BCUT2D eigenvalue weighted by Crippen LogP contribution is 2.27. The van der Waals surface area contributed by atoms with Crippen LogP contribution in [0.15, 0.2) is 24.3 Å². The third-order valence-electron chi connectivity index (χ3n) is 2.99.